The summed E-state index contributed by atoms with van der Waals surface area (Å²) in [5.74, 6) is -0.395. The van der Waals surface area contributed by atoms with E-state index in [0.29, 0.717) is 61.8 Å². The number of fused-ring (bicyclic) bond motifs is 1. The zero-order chi connectivity index (χ0) is 31.0. The average molecular weight is 609 g/mol. The fourth-order valence-electron chi connectivity index (χ4n) is 5.74. The number of pyridine rings is 1. The summed E-state index contributed by atoms with van der Waals surface area (Å²) in [6.45, 7) is 5.54. The number of morpholine rings is 1. The lowest BCUT2D eigenvalue weighted by Crippen LogP contribution is -2.49. The second-order valence-electron chi connectivity index (χ2n) is 10.8. The maximum atomic E-state index is 15.1. The Labute approximate surface area is 250 Å². The second-order valence-corrected chi connectivity index (χ2v) is 10.8. The lowest BCUT2D eigenvalue weighted by Gasteiger charge is -2.31. The quantitative estimate of drug-likeness (QED) is 0.317. The molecule has 2 saturated heterocycles. The standard InChI is InChI=1S/C30H31F3N8O3/c1-17(20-6-5-7-21(26(20)31)28(32)33)35-29-22-16-40(39-9-12-43-13-10-39)30(42)25(27(22)36-18(2)37-29)23-14-19(15-34)38-41(23)24-8-3-4-11-44-24/h5-7,14,16-17,24,28H,3-4,8-13H2,1-2H3,(H,35,36,37). The number of nitriles is 1. The topological polar surface area (TPSA) is 123 Å². The smallest absolute Gasteiger partial charge is 0.280 e. The van der Waals surface area contributed by atoms with E-state index in [-0.39, 0.29) is 28.2 Å². The summed E-state index contributed by atoms with van der Waals surface area (Å²) in [6.07, 6.45) is 0.635. The fourth-order valence-corrected chi connectivity index (χ4v) is 5.74. The van der Waals surface area contributed by atoms with Crippen molar-refractivity contribution in [1.29, 1.82) is 5.26 Å². The molecule has 11 nitrogen and oxygen atoms in total. The molecule has 0 spiro atoms. The van der Waals surface area contributed by atoms with E-state index in [1.165, 1.54) is 16.8 Å². The molecule has 0 radical (unpaired) electrons. The Bertz CT molecular complexity index is 1790. The molecule has 2 unspecified atom stereocenters. The van der Waals surface area contributed by atoms with Gasteiger partial charge >= 0.3 is 0 Å². The lowest BCUT2D eigenvalue weighted by atomic mass is 10.0. The van der Waals surface area contributed by atoms with Gasteiger partial charge in [0.2, 0.25) is 0 Å². The van der Waals surface area contributed by atoms with Crippen LogP contribution in [-0.4, -0.2) is 57.3 Å². The van der Waals surface area contributed by atoms with Crippen LogP contribution < -0.4 is 15.9 Å². The Hall–Kier alpha value is -4.48. The van der Waals surface area contributed by atoms with Crippen molar-refractivity contribution < 1.29 is 22.6 Å². The Morgan fingerprint density at radius 1 is 1.14 bits per heavy atom. The third-order valence-corrected chi connectivity index (χ3v) is 7.91. The number of aromatic nitrogens is 5. The van der Waals surface area contributed by atoms with Crippen LogP contribution in [-0.2, 0) is 9.47 Å². The molecule has 2 aliphatic rings. The first-order chi connectivity index (χ1) is 21.3. The van der Waals surface area contributed by atoms with Crippen LogP contribution in [0, 0.1) is 24.1 Å². The van der Waals surface area contributed by atoms with E-state index in [0.717, 1.165) is 18.9 Å². The lowest BCUT2D eigenvalue weighted by molar-refractivity contribution is -0.0384. The third kappa shape index (κ3) is 5.48. The number of ether oxygens (including phenoxy) is 2. The molecule has 2 aliphatic heterocycles. The minimum atomic E-state index is -2.97. The molecule has 0 amide bonds. The van der Waals surface area contributed by atoms with Crippen LogP contribution >= 0.6 is 0 Å². The monoisotopic (exact) mass is 608 g/mol. The van der Waals surface area contributed by atoms with Crippen molar-refractivity contribution in [1.82, 2.24) is 24.4 Å². The number of benzene rings is 1. The normalized spacial score (nSPS) is 18.0. The first-order valence-electron chi connectivity index (χ1n) is 14.5. The van der Waals surface area contributed by atoms with Crippen molar-refractivity contribution in [2.45, 2.75) is 51.8 Å². The molecule has 0 aliphatic carbocycles. The van der Waals surface area contributed by atoms with Crippen molar-refractivity contribution in [2.75, 3.05) is 43.2 Å². The van der Waals surface area contributed by atoms with Gasteiger partial charge in [-0.1, -0.05) is 18.2 Å². The molecule has 1 N–H and O–H groups in total. The van der Waals surface area contributed by atoms with E-state index < -0.39 is 30.1 Å². The molecule has 2 fully saturated rings. The number of anilines is 1. The molecule has 6 rings (SSSR count). The Morgan fingerprint density at radius 2 is 1.91 bits per heavy atom. The van der Waals surface area contributed by atoms with Gasteiger partial charge in [-0.15, -0.1) is 0 Å². The van der Waals surface area contributed by atoms with Crippen molar-refractivity contribution in [3.05, 3.63) is 69.3 Å². The van der Waals surface area contributed by atoms with E-state index in [2.05, 4.69) is 26.5 Å². The van der Waals surface area contributed by atoms with Crippen molar-refractivity contribution >= 4 is 16.7 Å². The summed E-state index contributed by atoms with van der Waals surface area (Å²) < 4.78 is 56.6. The average Bonchev–Trinajstić information content (AvgIpc) is 3.45. The highest BCUT2D eigenvalue weighted by Gasteiger charge is 2.28. The first kappa shape index (κ1) is 29.6. The maximum Gasteiger partial charge on any atom is 0.280 e. The zero-order valence-electron chi connectivity index (χ0n) is 24.3. The molecular formula is C30H31F3N8O3. The third-order valence-electron chi connectivity index (χ3n) is 7.91. The minimum absolute atomic E-state index is 0.0418. The van der Waals surface area contributed by atoms with Gasteiger partial charge in [-0.2, -0.15) is 10.4 Å². The number of aryl methyl sites for hydroxylation is 1. The van der Waals surface area contributed by atoms with Gasteiger partial charge in [0.15, 0.2) is 11.9 Å². The molecule has 0 saturated carbocycles. The largest absolute Gasteiger partial charge is 0.378 e. The number of hydrogen-bond donors (Lipinski definition) is 1. The fraction of sp³-hybridized carbons (Fsp3) is 0.433. The van der Waals surface area contributed by atoms with Crippen molar-refractivity contribution in [3.8, 4) is 17.3 Å². The molecule has 1 aromatic carbocycles. The van der Waals surface area contributed by atoms with Crippen LogP contribution in [0.4, 0.5) is 19.0 Å². The van der Waals surface area contributed by atoms with Gasteiger partial charge in [-0.05, 0) is 33.1 Å². The van der Waals surface area contributed by atoms with Crippen molar-refractivity contribution in [3.63, 3.8) is 0 Å². The van der Waals surface area contributed by atoms with Crippen LogP contribution in [0.3, 0.4) is 0 Å². The molecule has 2 atom stereocenters. The van der Waals surface area contributed by atoms with Crippen molar-refractivity contribution in [2.24, 2.45) is 0 Å². The first-order valence-corrected chi connectivity index (χ1v) is 14.5. The molecular weight excluding hydrogens is 577 g/mol. The van der Waals surface area contributed by atoms with Crippen LogP contribution in [0.5, 0.6) is 0 Å². The minimum Gasteiger partial charge on any atom is -0.378 e. The summed E-state index contributed by atoms with van der Waals surface area (Å²) in [6, 6.07) is 6.73. The number of halogens is 3. The van der Waals surface area contributed by atoms with Gasteiger partial charge in [0, 0.05) is 24.4 Å². The number of nitrogens with zero attached hydrogens (tertiary/aromatic N) is 7. The van der Waals surface area contributed by atoms with E-state index >= 15 is 4.39 Å². The van der Waals surface area contributed by atoms with E-state index in [9.17, 15) is 18.8 Å². The van der Waals surface area contributed by atoms with Gasteiger partial charge in [0.1, 0.15) is 23.5 Å². The predicted octanol–water partition coefficient (Wildman–Crippen LogP) is 4.75. The van der Waals surface area contributed by atoms with Gasteiger partial charge in [0.25, 0.3) is 12.0 Å². The summed E-state index contributed by atoms with van der Waals surface area (Å²) in [4.78, 5) is 23.6. The van der Waals surface area contributed by atoms with E-state index in [1.807, 2.05) is 5.01 Å². The van der Waals surface area contributed by atoms with Gasteiger partial charge in [-0.25, -0.2) is 32.5 Å². The number of rotatable bonds is 7. The molecule has 4 aromatic rings. The summed E-state index contributed by atoms with van der Waals surface area (Å²) in [5, 5.41) is 19.7. The number of hydrogen-bond acceptors (Lipinski definition) is 9. The summed E-state index contributed by atoms with van der Waals surface area (Å²) in [5.41, 5.74) is -0.0350. The number of nitrogens with one attached hydrogen (secondary N) is 1. The van der Waals surface area contributed by atoms with Gasteiger partial charge < -0.3 is 19.8 Å². The molecule has 14 heteroatoms. The SMILES string of the molecule is Cc1nc(NC(C)c2cccc(C(F)F)c2F)c2cn(N3CCOCC3)c(=O)c(-c3cc(C#N)nn3C3CCCCO3)c2n1. The van der Waals surface area contributed by atoms with Crippen LogP contribution in [0.25, 0.3) is 22.2 Å². The highest BCUT2D eigenvalue weighted by atomic mass is 19.3. The Kier molecular flexibility index (Phi) is 8.24. The van der Waals surface area contributed by atoms with Gasteiger partial charge in [-0.3, -0.25) is 4.79 Å². The summed E-state index contributed by atoms with van der Waals surface area (Å²) >= 11 is 0. The number of alkyl halides is 2. The Morgan fingerprint density at radius 3 is 2.61 bits per heavy atom. The highest BCUT2D eigenvalue weighted by molar-refractivity contribution is 5.98. The molecule has 5 heterocycles. The highest BCUT2D eigenvalue weighted by Crippen LogP contribution is 2.35. The van der Waals surface area contributed by atoms with Crippen LogP contribution in [0.2, 0.25) is 0 Å². The zero-order valence-corrected chi connectivity index (χ0v) is 24.3. The van der Waals surface area contributed by atoms with E-state index in [4.69, 9.17) is 9.47 Å². The van der Waals surface area contributed by atoms with Crippen LogP contribution in [0.15, 0.2) is 35.3 Å². The van der Waals surface area contributed by atoms with Gasteiger partial charge in [0.05, 0.1) is 60.1 Å². The van der Waals surface area contributed by atoms with E-state index in [1.54, 1.807) is 30.8 Å². The molecule has 230 valence electrons. The molecule has 3 aromatic heterocycles. The van der Waals surface area contributed by atoms with Crippen LogP contribution in [0.1, 0.15) is 67.5 Å². The molecule has 44 heavy (non-hydrogen) atoms. The second kappa shape index (κ2) is 12.3. The predicted molar refractivity (Wildman–Crippen MR) is 155 cm³/mol. The summed E-state index contributed by atoms with van der Waals surface area (Å²) in [7, 11) is 0. The Balaban J connectivity index is 1.56. The maximum absolute atomic E-state index is 15.1. The molecule has 0 bridgehead atoms.